The third-order valence-corrected chi connectivity index (χ3v) is 2.49. The van der Waals surface area contributed by atoms with Crippen molar-refractivity contribution in [2.45, 2.75) is 46.5 Å². The highest BCUT2D eigenvalue weighted by Gasteiger charge is 2.15. The average Bonchev–Trinajstić information content (AvgIpc) is 2.02. The Hall–Kier alpha value is -0.920. The van der Waals surface area contributed by atoms with E-state index in [0.29, 0.717) is 5.92 Å². The highest BCUT2D eigenvalue weighted by molar-refractivity contribution is 5.33. The van der Waals surface area contributed by atoms with E-state index in [0.717, 1.165) is 16.8 Å². The van der Waals surface area contributed by atoms with Crippen LogP contribution < -0.4 is 0 Å². The second kappa shape index (κ2) is 4.07. The van der Waals surface area contributed by atoms with Gasteiger partial charge in [-0.25, -0.2) is 4.39 Å². The molecular formula is C12H18FN. The summed E-state index contributed by atoms with van der Waals surface area (Å²) in [5.41, 5.74) is 2.83. The van der Waals surface area contributed by atoms with E-state index in [9.17, 15) is 4.39 Å². The smallest absolute Gasteiger partial charge is 0.145 e. The Morgan fingerprint density at radius 2 is 1.71 bits per heavy atom. The first-order chi connectivity index (χ1) is 6.45. The van der Waals surface area contributed by atoms with Gasteiger partial charge in [0, 0.05) is 5.69 Å². The number of hydrogen-bond donors (Lipinski definition) is 0. The van der Waals surface area contributed by atoms with Crippen molar-refractivity contribution >= 4 is 0 Å². The molecular weight excluding hydrogens is 177 g/mol. The molecule has 78 valence electrons. The van der Waals surface area contributed by atoms with Crippen LogP contribution in [0, 0.1) is 12.7 Å². The van der Waals surface area contributed by atoms with Gasteiger partial charge in [0.1, 0.15) is 5.82 Å². The summed E-state index contributed by atoms with van der Waals surface area (Å²) < 4.78 is 13.5. The van der Waals surface area contributed by atoms with E-state index < -0.39 is 0 Å². The third-order valence-electron chi connectivity index (χ3n) is 2.49. The van der Waals surface area contributed by atoms with E-state index in [4.69, 9.17) is 0 Å². The first-order valence-corrected chi connectivity index (χ1v) is 5.10. The predicted octanol–water partition coefficient (Wildman–Crippen LogP) is 3.78. The van der Waals surface area contributed by atoms with E-state index in [-0.39, 0.29) is 11.7 Å². The fourth-order valence-corrected chi connectivity index (χ4v) is 1.90. The summed E-state index contributed by atoms with van der Waals surface area (Å²) in [5.74, 6) is 0.394. The van der Waals surface area contributed by atoms with Crippen LogP contribution in [0.3, 0.4) is 0 Å². The molecule has 14 heavy (non-hydrogen) atoms. The van der Waals surface area contributed by atoms with Crippen LogP contribution in [-0.4, -0.2) is 4.98 Å². The molecule has 0 saturated carbocycles. The SMILES string of the molecule is Cc1c(C(C)C)ncc(F)c1C(C)C. The van der Waals surface area contributed by atoms with Gasteiger partial charge in [-0.1, -0.05) is 27.7 Å². The Kier molecular flexibility index (Phi) is 3.25. The first-order valence-electron chi connectivity index (χ1n) is 5.10. The zero-order chi connectivity index (χ0) is 10.9. The standard InChI is InChI=1S/C12H18FN/c1-7(2)11-9(5)12(8(3)4)14-6-10(11)13/h6-8H,1-5H3. The van der Waals surface area contributed by atoms with Crippen molar-refractivity contribution in [2.24, 2.45) is 0 Å². The first kappa shape index (κ1) is 11.2. The maximum Gasteiger partial charge on any atom is 0.145 e. The fraction of sp³-hybridized carbons (Fsp3) is 0.583. The van der Waals surface area contributed by atoms with E-state index in [1.54, 1.807) is 0 Å². The second-order valence-electron chi connectivity index (χ2n) is 4.34. The Balaban J connectivity index is 3.34. The lowest BCUT2D eigenvalue weighted by Gasteiger charge is -2.16. The Bertz CT molecular complexity index is 329. The normalized spacial score (nSPS) is 11.4. The van der Waals surface area contributed by atoms with Crippen LogP contribution in [0.1, 0.15) is 56.4 Å². The Morgan fingerprint density at radius 3 is 2.14 bits per heavy atom. The van der Waals surface area contributed by atoms with E-state index in [2.05, 4.69) is 18.8 Å². The molecule has 0 aliphatic rings. The van der Waals surface area contributed by atoms with Crippen molar-refractivity contribution in [2.75, 3.05) is 0 Å². The number of aromatic nitrogens is 1. The number of rotatable bonds is 2. The van der Waals surface area contributed by atoms with Crippen LogP contribution in [0.15, 0.2) is 6.20 Å². The minimum Gasteiger partial charge on any atom is -0.258 e. The van der Waals surface area contributed by atoms with Gasteiger partial charge in [0.2, 0.25) is 0 Å². The second-order valence-corrected chi connectivity index (χ2v) is 4.34. The van der Waals surface area contributed by atoms with E-state index >= 15 is 0 Å². The molecule has 0 aliphatic heterocycles. The van der Waals surface area contributed by atoms with E-state index in [1.807, 2.05) is 20.8 Å². The average molecular weight is 195 g/mol. The summed E-state index contributed by atoms with van der Waals surface area (Å²) in [6.45, 7) is 10.1. The molecule has 1 aromatic rings. The Labute approximate surface area is 85.4 Å². The van der Waals surface area contributed by atoms with Gasteiger partial charge in [-0.05, 0) is 29.9 Å². The van der Waals surface area contributed by atoms with Gasteiger partial charge in [-0.15, -0.1) is 0 Å². The molecule has 1 aromatic heterocycles. The number of pyridine rings is 1. The molecule has 0 amide bonds. The zero-order valence-electron chi connectivity index (χ0n) is 9.56. The summed E-state index contributed by atoms with van der Waals surface area (Å²) in [4.78, 5) is 4.15. The maximum absolute atomic E-state index is 13.5. The summed E-state index contributed by atoms with van der Waals surface area (Å²) in [6.07, 6.45) is 1.34. The molecule has 1 nitrogen and oxygen atoms in total. The molecule has 0 aliphatic carbocycles. The summed E-state index contributed by atoms with van der Waals surface area (Å²) in [7, 11) is 0. The van der Waals surface area contributed by atoms with Crippen molar-refractivity contribution in [1.82, 2.24) is 4.98 Å². The molecule has 0 fully saturated rings. The highest BCUT2D eigenvalue weighted by Crippen LogP contribution is 2.27. The van der Waals surface area contributed by atoms with Crippen molar-refractivity contribution in [1.29, 1.82) is 0 Å². The maximum atomic E-state index is 13.5. The third kappa shape index (κ3) is 1.94. The summed E-state index contributed by atoms with van der Waals surface area (Å²) in [5, 5.41) is 0. The molecule has 0 radical (unpaired) electrons. The lowest BCUT2D eigenvalue weighted by atomic mass is 9.93. The molecule has 0 spiro atoms. The molecule has 1 rings (SSSR count). The highest BCUT2D eigenvalue weighted by atomic mass is 19.1. The fourth-order valence-electron chi connectivity index (χ4n) is 1.90. The van der Waals surface area contributed by atoms with Crippen molar-refractivity contribution < 1.29 is 4.39 Å². The van der Waals surface area contributed by atoms with Gasteiger partial charge in [0.25, 0.3) is 0 Å². The molecule has 0 atom stereocenters. The molecule has 1 heterocycles. The summed E-state index contributed by atoms with van der Waals surface area (Å²) >= 11 is 0. The van der Waals surface area contributed by atoms with Crippen LogP contribution in [0.4, 0.5) is 4.39 Å². The van der Waals surface area contributed by atoms with Gasteiger partial charge in [-0.3, -0.25) is 4.98 Å². The lowest BCUT2D eigenvalue weighted by molar-refractivity contribution is 0.583. The minimum atomic E-state index is -0.179. The lowest BCUT2D eigenvalue weighted by Crippen LogP contribution is -2.05. The molecule has 0 bridgehead atoms. The van der Waals surface area contributed by atoms with Crippen LogP contribution in [0.5, 0.6) is 0 Å². The molecule has 0 aromatic carbocycles. The number of hydrogen-bond acceptors (Lipinski definition) is 1. The van der Waals surface area contributed by atoms with Crippen molar-refractivity contribution in [3.05, 3.63) is 28.8 Å². The molecule has 0 saturated heterocycles. The largest absolute Gasteiger partial charge is 0.258 e. The number of halogens is 1. The summed E-state index contributed by atoms with van der Waals surface area (Å²) in [6, 6.07) is 0. The van der Waals surface area contributed by atoms with Gasteiger partial charge >= 0.3 is 0 Å². The minimum absolute atomic E-state index is 0.179. The predicted molar refractivity (Wildman–Crippen MR) is 57.1 cm³/mol. The van der Waals surface area contributed by atoms with E-state index in [1.165, 1.54) is 6.20 Å². The van der Waals surface area contributed by atoms with Gasteiger partial charge in [0.05, 0.1) is 6.20 Å². The van der Waals surface area contributed by atoms with Gasteiger partial charge in [0.15, 0.2) is 0 Å². The van der Waals surface area contributed by atoms with Gasteiger partial charge < -0.3 is 0 Å². The van der Waals surface area contributed by atoms with Crippen LogP contribution in [0.2, 0.25) is 0 Å². The van der Waals surface area contributed by atoms with Crippen LogP contribution in [0.25, 0.3) is 0 Å². The quantitative estimate of drug-likeness (QED) is 0.700. The van der Waals surface area contributed by atoms with Crippen LogP contribution in [-0.2, 0) is 0 Å². The monoisotopic (exact) mass is 195 g/mol. The van der Waals surface area contributed by atoms with Crippen LogP contribution >= 0.6 is 0 Å². The number of nitrogens with zero attached hydrogens (tertiary/aromatic N) is 1. The molecule has 0 unspecified atom stereocenters. The molecule has 0 N–H and O–H groups in total. The van der Waals surface area contributed by atoms with Gasteiger partial charge in [-0.2, -0.15) is 0 Å². The van der Waals surface area contributed by atoms with Crippen molar-refractivity contribution in [3.63, 3.8) is 0 Å². The van der Waals surface area contributed by atoms with Crippen molar-refractivity contribution in [3.8, 4) is 0 Å². The zero-order valence-corrected chi connectivity index (χ0v) is 9.56. The Morgan fingerprint density at radius 1 is 1.14 bits per heavy atom. The topological polar surface area (TPSA) is 12.9 Å². The molecule has 2 heteroatoms.